The van der Waals surface area contributed by atoms with Crippen molar-refractivity contribution in [3.05, 3.63) is 24.3 Å². The predicted molar refractivity (Wildman–Crippen MR) is 100 cm³/mol. The Morgan fingerprint density at radius 1 is 1.12 bits per heavy atom. The fourth-order valence-electron chi connectivity index (χ4n) is 3.68. The van der Waals surface area contributed by atoms with Crippen LogP contribution < -0.4 is 14.5 Å². The third-order valence-electron chi connectivity index (χ3n) is 5.02. The lowest BCUT2D eigenvalue weighted by Gasteiger charge is -2.24. The van der Waals surface area contributed by atoms with Crippen molar-refractivity contribution in [2.45, 2.75) is 44.6 Å². The van der Waals surface area contributed by atoms with Crippen molar-refractivity contribution < 1.29 is 13.2 Å². The molecule has 0 unspecified atom stereocenters. The van der Waals surface area contributed by atoms with Gasteiger partial charge in [0.1, 0.15) is 6.54 Å². The highest BCUT2D eigenvalue weighted by atomic mass is 32.2. The highest BCUT2D eigenvalue weighted by molar-refractivity contribution is 7.92. The van der Waals surface area contributed by atoms with E-state index in [-0.39, 0.29) is 18.5 Å². The molecule has 0 atom stereocenters. The molecule has 0 radical (unpaired) electrons. The van der Waals surface area contributed by atoms with Crippen LogP contribution in [0.3, 0.4) is 0 Å². The number of sulfonamides is 1. The summed E-state index contributed by atoms with van der Waals surface area (Å²) >= 11 is 0. The summed E-state index contributed by atoms with van der Waals surface area (Å²) in [5.41, 5.74) is 1.64. The fraction of sp³-hybridized carbons (Fsp3) is 0.611. The van der Waals surface area contributed by atoms with Crippen LogP contribution in [0.25, 0.3) is 0 Å². The van der Waals surface area contributed by atoms with Gasteiger partial charge < -0.3 is 10.2 Å². The Hall–Kier alpha value is -1.76. The van der Waals surface area contributed by atoms with Gasteiger partial charge in [0.15, 0.2) is 0 Å². The van der Waals surface area contributed by atoms with Crippen LogP contribution >= 0.6 is 0 Å². The van der Waals surface area contributed by atoms with E-state index in [1.54, 1.807) is 12.1 Å². The fourth-order valence-corrected chi connectivity index (χ4v) is 4.54. The molecule has 1 heterocycles. The first-order valence-electron chi connectivity index (χ1n) is 9.05. The second-order valence-electron chi connectivity index (χ2n) is 7.03. The molecule has 138 valence electrons. The monoisotopic (exact) mass is 365 g/mol. The molecule has 25 heavy (non-hydrogen) atoms. The molecule has 1 amide bonds. The summed E-state index contributed by atoms with van der Waals surface area (Å²) in [5.74, 6) is -0.235. The topological polar surface area (TPSA) is 69.7 Å². The number of nitrogens with one attached hydrogen (secondary N) is 1. The van der Waals surface area contributed by atoms with Gasteiger partial charge >= 0.3 is 0 Å². The number of amides is 1. The predicted octanol–water partition coefficient (Wildman–Crippen LogP) is 2.11. The average molecular weight is 365 g/mol. The summed E-state index contributed by atoms with van der Waals surface area (Å²) in [7, 11) is -3.52. The van der Waals surface area contributed by atoms with Crippen LogP contribution in [0.15, 0.2) is 24.3 Å². The molecule has 2 fully saturated rings. The average Bonchev–Trinajstić information content (AvgIpc) is 3.25. The highest BCUT2D eigenvalue weighted by Crippen LogP contribution is 2.25. The van der Waals surface area contributed by atoms with Crippen molar-refractivity contribution in [2.75, 3.05) is 35.1 Å². The quantitative estimate of drug-likeness (QED) is 0.838. The number of carbonyl (C=O) groups excluding carboxylic acids is 1. The molecule has 1 aliphatic carbocycles. The molecule has 7 heteroatoms. The number of carbonyl (C=O) groups is 1. The lowest BCUT2D eigenvalue weighted by Crippen LogP contribution is -2.43. The zero-order chi connectivity index (χ0) is 17.9. The van der Waals surface area contributed by atoms with Crippen molar-refractivity contribution >= 4 is 27.3 Å². The Morgan fingerprint density at radius 2 is 1.72 bits per heavy atom. The van der Waals surface area contributed by atoms with Gasteiger partial charge in [-0.3, -0.25) is 9.10 Å². The molecule has 2 aliphatic rings. The smallest absolute Gasteiger partial charge is 0.240 e. The lowest BCUT2D eigenvalue weighted by molar-refractivity contribution is -0.120. The van der Waals surface area contributed by atoms with Gasteiger partial charge in [-0.1, -0.05) is 12.8 Å². The van der Waals surface area contributed by atoms with Gasteiger partial charge in [0.05, 0.1) is 11.9 Å². The Labute approximate surface area is 150 Å². The van der Waals surface area contributed by atoms with Gasteiger partial charge in [-0.25, -0.2) is 8.42 Å². The van der Waals surface area contributed by atoms with E-state index in [2.05, 4.69) is 10.2 Å². The van der Waals surface area contributed by atoms with Crippen LogP contribution in [0.5, 0.6) is 0 Å². The van der Waals surface area contributed by atoms with Crippen molar-refractivity contribution in [2.24, 2.45) is 0 Å². The number of nitrogens with zero attached hydrogens (tertiary/aromatic N) is 2. The van der Waals surface area contributed by atoms with E-state index < -0.39 is 10.0 Å². The molecule has 6 nitrogen and oxygen atoms in total. The van der Waals surface area contributed by atoms with Gasteiger partial charge in [0, 0.05) is 24.8 Å². The zero-order valence-corrected chi connectivity index (χ0v) is 15.6. The second kappa shape index (κ2) is 7.64. The zero-order valence-electron chi connectivity index (χ0n) is 14.8. The molecule has 1 N–H and O–H groups in total. The standard InChI is InChI=1S/C18H27N3O3S/c1-25(23,24)21(14-18(22)19-15-6-2-3-7-15)17-10-8-16(9-11-17)20-12-4-5-13-20/h8-11,15H,2-7,12-14H2,1H3,(H,19,22). The Bertz CT molecular complexity index is 691. The minimum Gasteiger partial charge on any atom is -0.372 e. The van der Waals surface area contributed by atoms with E-state index in [1.807, 2.05) is 12.1 Å². The van der Waals surface area contributed by atoms with Gasteiger partial charge in [-0.05, 0) is 49.9 Å². The normalized spacial score (nSPS) is 18.5. The van der Waals surface area contributed by atoms with E-state index in [4.69, 9.17) is 0 Å². The largest absolute Gasteiger partial charge is 0.372 e. The Balaban J connectivity index is 1.70. The summed E-state index contributed by atoms with van der Waals surface area (Å²) in [4.78, 5) is 14.6. The summed E-state index contributed by atoms with van der Waals surface area (Å²) in [6, 6.07) is 7.64. The Kier molecular flexibility index (Phi) is 5.51. The number of anilines is 2. The van der Waals surface area contributed by atoms with Gasteiger partial charge in [-0.2, -0.15) is 0 Å². The van der Waals surface area contributed by atoms with Crippen molar-refractivity contribution in [1.82, 2.24) is 5.32 Å². The number of benzene rings is 1. The first-order valence-corrected chi connectivity index (χ1v) is 10.9. The number of hydrogen-bond acceptors (Lipinski definition) is 4. The molecular weight excluding hydrogens is 338 g/mol. The maximum atomic E-state index is 12.3. The second-order valence-corrected chi connectivity index (χ2v) is 8.94. The summed E-state index contributed by atoms with van der Waals surface area (Å²) < 4.78 is 25.5. The first kappa shape index (κ1) is 18.0. The molecule has 0 aromatic heterocycles. The molecule has 1 aromatic rings. The van der Waals surface area contributed by atoms with Crippen LogP contribution in [0.4, 0.5) is 11.4 Å². The van der Waals surface area contributed by atoms with Crippen molar-refractivity contribution in [1.29, 1.82) is 0 Å². The number of rotatable bonds is 6. The minimum atomic E-state index is -3.52. The van der Waals surface area contributed by atoms with Crippen LogP contribution in [-0.2, 0) is 14.8 Å². The molecular formula is C18H27N3O3S. The third-order valence-corrected chi connectivity index (χ3v) is 6.16. The molecule has 0 bridgehead atoms. The summed E-state index contributed by atoms with van der Waals surface area (Å²) in [6.45, 7) is 1.91. The van der Waals surface area contributed by atoms with Gasteiger partial charge in [0.25, 0.3) is 0 Å². The van der Waals surface area contributed by atoms with Crippen molar-refractivity contribution in [3.8, 4) is 0 Å². The van der Waals surface area contributed by atoms with E-state index in [1.165, 1.54) is 17.1 Å². The van der Waals surface area contributed by atoms with Gasteiger partial charge in [-0.15, -0.1) is 0 Å². The van der Waals surface area contributed by atoms with Crippen LogP contribution in [0, 0.1) is 0 Å². The highest BCUT2D eigenvalue weighted by Gasteiger charge is 2.24. The van der Waals surface area contributed by atoms with E-state index in [9.17, 15) is 13.2 Å². The summed E-state index contributed by atoms with van der Waals surface area (Å²) in [6.07, 6.45) is 7.74. The SMILES string of the molecule is CS(=O)(=O)N(CC(=O)NC1CCCC1)c1ccc(N2CCCC2)cc1. The lowest BCUT2D eigenvalue weighted by atomic mass is 10.2. The molecule has 3 rings (SSSR count). The minimum absolute atomic E-state index is 0.168. The van der Waals surface area contributed by atoms with E-state index in [0.29, 0.717) is 5.69 Å². The third kappa shape index (κ3) is 4.66. The molecule has 0 spiro atoms. The maximum Gasteiger partial charge on any atom is 0.240 e. The number of hydrogen-bond donors (Lipinski definition) is 1. The Morgan fingerprint density at radius 3 is 2.28 bits per heavy atom. The van der Waals surface area contributed by atoms with Gasteiger partial charge in [0.2, 0.25) is 15.9 Å². The first-order chi connectivity index (χ1) is 11.9. The molecule has 1 saturated carbocycles. The molecule has 1 saturated heterocycles. The molecule has 1 aliphatic heterocycles. The summed E-state index contributed by atoms with van der Waals surface area (Å²) in [5, 5.41) is 2.95. The van der Waals surface area contributed by atoms with E-state index in [0.717, 1.165) is 50.7 Å². The van der Waals surface area contributed by atoms with Crippen LogP contribution in [0.1, 0.15) is 38.5 Å². The van der Waals surface area contributed by atoms with E-state index >= 15 is 0 Å². The van der Waals surface area contributed by atoms with Crippen LogP contribution in [0.2, 0.25) is 0 Å². The maximum absolute atomic E-state index is 12.3. The van der Waals surface area contributed by atoms with Crippen LogP contribution in [-0.4, -0.2) is 46.3 Å². The van der Waals surface area contributed by atoms with Crippen molar-refractivity contribution in [3.63, 3.8) is 0 Å². The molecule has 1 aromatic carbocycles.